The van der Waals surface area contributed by atoms with Crippen LogP contribution in [0.25, 0.3) is 0 Å². The summed E-state index contributed by atoms with van der Waals surface area (Å²) in [5.74, 6) is 0.761. The normalized spacial score (nSPS) is 21.3. The molecule has 0 aromatic carbocycles. The second-order valence-electron chi connectivity index (χ2n) is 7.28. The lowest BCUT2D eigenvalue weighted by Gasteiger charge is -2.34. The minimum atomic E-state index is 0.304. The van der Waals surface area contributed by atoms with Crippen LogP contribution in [0.3, 0.4) is 0 Å². The van der Waals surface area contributed by atoms with Crippen molar-refractivity contribution in [3.8, 4) is 0 Å². The number of rotatable bonds is 5. The lowest BCUT2D eigenvalue weighted by molar-refractivity contribution is -0.132. The predicted molar refractivity (Wildman–Crippen MR) is 96.4 cm³/mol. The van der Waals surface area contributed by atoms with Gasteiger partial charge in [0.15, 0.2) is 0 Å². The van der Waals surface area contributed by atoms with E-state index >= 15 is 0 Å². The van der Waals surface area contributed by atoms with Crippen molar-refractivity contribution >= 4 is 5.91 Å². The molecule has 2 aliphatic rings. The summed E-state index contributed by atoms with van der Waals surface area (Å²) in [5, 5.41) is 0. The molecule has 2 aliphatic heterocycles. The molecule has 0 bridgehead atoms. The van der Waals surface area contributed by atoms with E-state index < -0.39 is 0 Å². The van der Waals surface area contributed by atoms with Crippen LogP contribution in [-0.2, 0) is 9.53 Å². The van der Waals surface area contributed by atoms with Crippen molar-refractivity contribution in [3.05, 3.63) is 23.8 Å². The first-order chi connectivity index (χ1) is 12.1. The van der Waals surface area contributed by atoms with Crippen LogP contribution in [0.4, 0.5) is 0 Å². The van der Waals surface area contributed by atoms with E-state index in [0.29, 0.717) is 24.3 Å². The molecule has 0 aliphatic carbocycles. The zero-order valence-electron chi connectivity index (χ0n) is 15.5. The number of likely N-dealkylation sites (tertiary alicyclic amines) is 1. The molecule has 0 radical (unpaired) electrons. The zero-order chi connectivity index (χ0) is 17.6. The van der Waals surface area contributed by atoms with E-state index in [1.54, 1.807) is 6.33 Å². The van der Waals surface area contributed by atoms with Crippen molar-refractivity contribution in [2.45, 2.75) is 51.5 Å². The van der Waals surface area contributed by atoms with Crippen molar-refractivity contribution in [2.75, 3.05) is 39.4 Å². The highest BCUT2D eigenvalue weighted by Gasteiger charge is 2.26. The number of hydrogen-bond acceptors (Lipinski definition) is 5. The number of hydrogen-bond donors (Lipinski definition) is 0. The molecule has 1 aromatic heterocycles. The first kappa shape index (κ1) is 18.3. The highest BCUT2D eigenvalue weighted by molar-refractivity contribution is 5.76. The van der Waals surface area contributed by atoms with Gasteiger partial charge in [0.05, 0.1) is 13.2 Å². The number of nitrogens with zero attached hydrogens (tertiary/aromatic N) is 4. The summed E-state index contributed by atoms with van der Waals surface area (Å²) in [6.45, 7) is 9.58. The third kappa shape index (κ3) is 4.76. The van der Waals surface area contributed by atoms with Crippen molar-refractivity contribution in [1.29, 1.82) is 0 Å². The highest BCUT2D eigenvalue weighted by atomic mass is 16.5. The second kappa shape index (κ2) is 8.72. The molecule has 3 rings (SSSR count). The van der Waals surface area contributed by atoms with Crippen LogP contribution in [0, 0.1) is 6.92 Å². The number of ether oxygens (including phenoxy) is 1. The van der Waals surface area contributed by atoms with Crippen molar-refractivity contribution < 1.29 is 9.53 Å². The van der Waals surface area contributed by atoms with Gasteiger partial charge in [-0.1, -0.05) is 0 Å². The molecule has 1 aromatic rings. The Bertz CT molecular complexity index is 566. The Kier molecular flexibility index (Phi) is 6.37. The minimum Gasteiger partial charge on any atom is -0.379 e. The number of morpholine rings is 1. The molecule has 0 spiro atoms. The molecule has 1 amide bonds. The molecule has 2 saturated heterocycles. The van der Waals surface area contributed by atoms with Gasteiger partial charge in [0.25, 0.3) is 0 Å². The van der Waals surface area contributed by atoms with Gasteiger partial charge in [-0.25, -0.2) is 9.97 Å². The summed E-state index contributed by atoms with van der Waals surface area (Å²) in [6, 6.07) is 0.453. The molecule has 25 heavy (non-hydrogen) atoms. The molecule has 0 unspecified atom stereocenters. The van der Waals surface area contributed by atoms with Gasteiger partial charge in [0.2, 0.25) is 5.91 Å². The minimum absolute atomic E-state index is 0.304. The Morgan fingerprint density at radius 1 is 1.28 bits per heavy atom. The van der Waals surface area contributed by atoms with Crippen LogP contribution >= 0.6 is 0 Å². The van der Waals surface area contributed by atoms with Crippen LogP contribution in [0.1, 0.15) is 49.8 Å². The summed E-state index contributed by atoms with van der Waals surface area (Å²) in [7, 11) is 0. The number of aryl methyl sites for hydroxylation is 1. The van der Waals surface area contributed by atoms with Gasteiger partial charge in [0, 0.05) is 56.5 Å². The summed E-state index contributed by atoms with van der Waals surface area (Å²) < 4.78 is 5.40. The van der Waals surface area contributed by atoms with Gasteiger partial charge in [-0.15, -0.1) is 0 Å². The number of carbonyl (C=O) groups is 1. The van der Waals surface area contributed by atoms with Crippen LogP contribution < -0.4 is 0 Å². The molecule has 3 heterocycles. The SMILES string of the molecule is Cc1cncnc1C1CCN(C(=O)CC[C@H](C)N2CCOCC2)CC1. The smallest absolute Gasteiger partial charge is 0.222 e. The van der Waals surface area contributed by atoms with Crippen LogP contribution in [-0.4, -0.2) is 71.1 Å². The van der Waals surface area contributed by atoms with Crippen molar-refractivity contribution in [2.24, 2.45) is 0 Å². The van der Waals surface area contributed by atoms with Crippen molar-refractivity contribution in [1.82, 2.24) is 19.8 Å². The fraction of sp³-hybridized carbons (Fsp3) is 0.737. The second-order valence-corrected chi connectivity index (χ2v) is 7.28. The Hall–Kier alpha value is -1.53. The van der Waals surface area contributed by atoms with Gasteiger partial charge in [-0.3, -0.25) is 9.69 Å². The maximum Gasteiger partial charge on any atom is 0.222 e. The van der Waals surface area contributed by atoms with E-state index in [0.717, 1.165) is 69.9 Å². The zero-order valence-corrected chi connectivity index (χ0v) is 15.5. The lowest BCUT2D eigenvalue weighted by atomic mass is 9.91. The van der Waals surface area contributed by atoms with E-state index in [4.69, 9.17) is 4.74 Å². The molecular formula is C19H30N4O2. The van der Waals surface area contributed by atoms with Crippen LogP contribution in [0.5, 0.6) is 0 Å². The van der Waals surface area contributed by atoms with E-state index in [9.17, 15) is 4.79 Å². The number of carbonyl (C=O) groups excluding carboxylic acids is 1. The van der Waals surface area contributed by atoms with E-state index in [2.05, 4.69) is 28.7 Å². The Morgan fingerprint density at radius 2 is 2.00 bits per heavy atom. The summed E-state index contributed by atoms with van der Waals surface area (Å²) >= 11 is 0. The van der Waals surface area contributed by atoms with E-state index in [1.807, 2.05) is 11.1 Å². The predicted octanol–water partition coefficient (Wildman–Crippen LogP) is 1.99. The fourth-order valence-corrected chi connectivity index (χ4v) is 3.93. The Labute approximate surface area is 150 Å². The average Bonchev–Trinajstić information content (AvgIpc) is 2.67. The molecular weight excluding hydrogens is 316 g/mol. The Morgan fingerprint density at radius 3 is 2.68 bits per heavy atom. The monoisotopic (exact) mass is 346 g/mol. The molecule has 0 N–H and O–H groups in total. The van der Waals surface area contributed by atoms with Gasteiger partial charge in [-0.05, 0) is 38.7 Å². The molecule has 138 valence electrons. The number of amides is 1. The van der Waals surface area contributed by atoms with Crippen LogP contribution in [0.15, 0.2) is 12.5 Å². The van der Waals surface area contributed by atoms with Gasteiger partial charge >= 0.3 is 0 Å². The molecule has 6 heteroatoms. The maximum absolute atomic E-state index is 12.6. The first-order valence-corrected chi connectivity index (χ1v) is 9.51. The van der Waals surface area contributed by atoms with E-state index in [-0.39, 0.29) is 0 Å². The quantitative estimate of drug-likeness (QED) is 0.816. The van der Waals surface area contributed by atoms with Crippen LogP contribution in [0.2, 0.25) is 0 Å². The molecule has 0 saturated carbocycles. The molecule has 1 atom stereocenters. The molecule has 6 nitrogen and oxygen atoms in total. The largest absolute Gasteiger partial charge is 0.379 e. The maximum atomic E-state index is 12.6. The van der Waals surface area contributed by atoms with Gasteiger partial charge < -0.3 is 9.64 Å². The first-order valence-electron chi connectivity index (χ1n) is 9.51. The fourth-order valence-electron chi connectivity index (χ4n) is 3.93. The summed E-state index contributed by atoms with van der Waals surface area (Å²) in [4.78, 5) is 25.6. The highest BCUT2D eigenvalue weighted by Crippen LogP contribution is 2.28. The standard InChI is InChI=1S/C19H30N4O2/c1-15-13-20-14-21-19(15)17-5-7-23(8-6-17)18(24)4-3-16(2)22-9-11-25-12-10-22/h13-14,16-17H,3-12H2,1-2H3/t16-/m0/s1. The van der Waals surface area contributed by atoms with Crippen molar-refractivity contribution in [3.63, 3.8) is 0 Å². The third-order valence-corrected chi connectivity index (χ3v) is 5.62. The van der Waals surface area contributed by atoms with E-state index in [1.165, 1.54) is 0 Å². The average molecular weight is 346 g/mol. The van der Waals surface area contributed by atoms with Gasteiger partial charge in [0.1, 0.15) is 6.33 Å². The topological polar surface area (TPSA) is 58.6 Å². The Balaban J connectivity index is 1.43. The summed E-state index contributed by atoms with van der Waals surface area (Å²) in [5.41, 5.74) is 2.31. The lowest BCUT2D eigenvalue weighted by Crippen LogP contribution is -2.43. The third-order valence-electron chi connectivity index (χ3n) is 5.62. The molecule has 2 fully saturated rings. The van der Waals surface area contributed by atoms with Gasteiger partial charge in [-0.2, -0.15) is 0 Å². The number of aromatic nitrogens is 2. The number of piperidine rings is 1. The summed E-state index contributed by atoms with van der Waals surface area (Å²) in [6.07, 6.45) is 7.10.